The smallest absolute Gasteiger partial charge is 0.432 e. The zero-order valence-corrected chi connectivity index (χ0v) is 17.2. The van der Waals surface area contributed by atoms with Gasteiger partial charge in [-0.15, -0.1) is 0 Å². The maximum absolute atomic E-state index is 14.1. The molecule has 0 N–H and O–H groups in total. The second-order valence-electron chi connectivity index (χ2n) is 7.82. The van der Waals surface area contributed by atoms with Crippen molar-refractivity contribution < 1.29 is 37.0 Å². The molecule has 0 saturated carbocycles. The lowest BCUT2D eigenvalue weighted by atomic mass is 9.92. The van der Waals surface area contributed by atoms with E-state index >= 15 is 0 Å². The Labute approximate surface area is 182 Å². The molecule has 2 aliphatic rings. The van der Waals surface area contributed by atoms with Crippen molar-refractivity contribution in [1.82, 2.24) is 4.90 Å². The van der Waals surface area contributed by atoms with Crippen LogP contribution in [0.5, 0.6) is 5.75 Å². The average molecular weight is 449 g/mol. The van der Waals surface area contributed by atoms with E-state index in [0.717, 1.165) is 7.11 Å². The number of alkyl halides is 3. The number of fused-ring (bicyclic) bond motifs is 2. The first-order valence-electron chi connectivity index (χ1n) is 10.2. The van der Waals surface area contributed by atoms with Crippen LogP contribution in [-0.4, -0.2) is 48.4 Å². The summed E-state index contributed by atoms with van der Waals surface area (Å²) in [6.07, 6.45) is -5.14. The summed E-state index contributed by atoms with van der Waals surface area (Å²) in [4.78, 5) is 27.1. The van der Waals surface area contributed by atoms with Crippen LogP contribution in [0.4, 0.5) is 18.0 Å². The van der Waals surface area contributed by atoms with Crippen LogP contribution in [0.25, 0.3) is 0 Å². The molecule has 2 fully saturated rings. The molecule has 2 aromatic carbocycles. The number of rotatable bonds is 5. The van der Waals surface area contributed by atoms with E-state index in [4.69, 9.17) is 14.2 Å². The van der Waals surface area contributed by atoms with E-state index in [1.54, 1.807) is 30.3 Å². The number of carbonyl (C=O) groups excluding carboxylic acids is 2. The number of halogens is 3. The van der Waals surface area contributed by atoms with Crippen molar-refractivity contribution in [2.45, 2.75) is 49.2 Å². The van der Waals surface area contributed by atoms with E-state index < -0.39 is 36.0 Å². The minimum absolute atomic E-state index is 0.243. The summed E-state index contributed by atoms with van der Waals surface area (Å²) in [5.41, 5.74) is -3.63. The lowest BCUT2D eigenvalue weighted by Gasteiger charge is -2.34. The Morgan fingerprint density at radius 3 is 2.19 bits per heavy atom. The third-order valence-electron chi connectivity index (χ3n) is 6.07. The first-order valence-corrected chi connectivity index (χ1v) is 10.2. The van der Waals surface area contributed by atoms with Crippen molar-refractivity contribution >= 4 is 12.1 Å². The van der Waals surface area contributed by atoms with Gasteiger partial charge in [-0.2, -0.15) is 13.2 Å². The molecule has 2 aromatic rings. The molecule has 170 valence electrons. The number of hydrogen-bond acceptors (Lipinski definition) is 5. The zero-order chi connectivity index (χ0) is 22.9. The fourth-order valence-corrected chi connectivity index (χ4v) is 4.59. The molecule has 1 unspecified atom stereocenters. The molecule has 2 aliphatic heterocycles. The summed E-state index contributed by atoms with van der Waals surface area (Å²) >= 11 is 0. The molecule has 0 aromatic heterocycles. The highest BCUT2D eigenvalue weighted by molar-refractivity contribution is 5.83. The maximum atomic E-state index is 14.1. The Bertz CT molecular complexity index is 969. The Hall–Kier alpha value is -3.07. The number of carbonyl (C=O) groups is 2. The minimum atomic E-state index is -5.05. The van der Waals surface area contributed by atoms with Crippen molar-refractivity contribution in [3.63, 3.8) is 0 Å². The predicted molar refractivity (Wildman–Crippen MR) is 107 cm³/mol. The molecule has 2 saturated heterocycles. The molecule has 4 rings (SSSR count). The molecule has 4 atom stereocenters. The number of esters is 1. The maximum Gasteiger partial charge on any atom is 0.432 e. The molecule has 0 aliphatic carbocycles. The van der Waals surface area contributed by atoms with Gasteiger partial charge in [0.2, 0.25) is 0 Å². The van der Waals surface area contributed by atoms with Crippen LogP contribution in [0.15, 0.2) is 60.7 Å². The highest BCUT2D eigenvalue weighted by atomic mass is 19.4. The van der Waals surface area contributed by atoms with Crippen LogP contribution in [0, 0.1) is 0 Å². The summed E-state index contributed by atoms with van der Waals surface area (Å²) in [7, 11) is 0.825. The van der Waals surface area contributed by atoms with Gasteiger partial charge in [-0.3, -0.25) is 4.90 Å². The standard InChI is InChI=1S/C23H22F3NO5/c1-30-22(23(24,25)26,15-8-4-2-5-9-15)20(28)32-19-14-16-12-13-18(19)27(16)21(29)31-17-10-6-3-7-11-17/h2-11,16,18-19H,12-14H2,1H3/t16-,18+,19+,22?/m1/s1. The number of methoxy groups -OCH3 is 1. The molecular weight excluding hydrogens is 427 g/mol. The van der Waals surface area contributed by atoms with Gasteiger partial charge in [0, 0.05) is 25.1 Å². The summed E-state index contributed by atoms with van der Waals surface area (Å²) in [5, 5.41) is 0. The number of amides is 1. The Balaban J connectivity index is 1.54. The molecule has 2 bridgehead atoms. The number of ether oxygens (including phenoxy) is 3. The molecule has 9 heteroatoms. The third-order valence-corrected chi connectivity index (χ3v) is 6.07. The van der Waals surface area contributed by atoms with E-state index in [1.165, 1.54) is 35.2 Å². The van der Waals surface area contributed by atoms with Crippen LogP contribution in [-0.2, 0) is 19.9 Å². The quantitative estimate of drug-likeness (QED) is 0.632. The van der Waals surface area contributed by atoms with Gasteiger partial charge in [-0.1, -0.05) is 48.5 Å². The van der Waals surface area contributed by atoms with Crippen molar-refractivity contribution in [2.24, 2.45) is 0 Å². The topological polar surface area (TPSA) is 65.1 Å². The monoisotopic (exact) mass is 449 g/mol. The molecule has 1 amide bonds. The lowest BCUT2D eigenvalue weighted by molar-refractivity contribution is -0.278. The summed E-state index contributed by atoms with van der Waals surface area (Å²) in [5.74, 6) is -1.19. The van der Waals surface area contributed by atoms with Crippen LogP contribution in [0.1, 0.15) is 24.8 Å². The highest BCUT2D eigenvalue weighted by Crippen LogP contribution is 2.45. The van der Waals surface area contributed by atoms with Gasteiger partial charge in [-0.05, 0) is 25.0 Å². The number of benzene rings is 2. The van der Waals surface area contributed by atoms with Gasteiger partial charge in [0.05, 0.1) is 6.04 Å². The summed E-state index contributed by atoms with van der Waals surface area (Å²) < 4.78 is 57.9. The van der Waals surface area contributed by atoms with E-state index in [2.05, 4.69) is 0 Å². The SMILES string of the molecule is COC(C(=O)O[C@H]1C[C@H]2CC[C@@H]1N2C(=O)Oc1ccccc1)(c1ccccc1)C(F)(F)F. The second-order valence-corrected chi connectivity index (χ2v) is 7.82. The summed E-state index contributed by atoms with van der Waals surface area (Å²) in [6.45, 7) is 0. The minimum Gasteiger partial charge on any atom is -0.457 e. The molecule has 6 nitrogen and oxygen atoms in total. The van der Waals surface area contributed by atoms with Gasteiger partial charge in [-0.25, -0.2) is 9.59 Å². The molecule has 0 spiro atoms. The zero-order valence-electron chi connectivity index (χ0n) is 17.2. The molecule has 32 heavy (non-hydrogen) atoms. The largest absolute Gasteiger partial charge is 0.457 e. The number of hydrogen-bond donors (Lipinski definition) is 0. The molecule has 0 radical (unpaired) electrons. The average Bonchev–Trinajstić information content (AvgIpc) is 3.33. The van der Waals surface area contributed by atoms with Gasteiger partial charge in [0.25, 0.3) is 5.60 Å². The third kappa shape index (κ3) is 3.70. The summed E-state index contributed by atoms with van der Waals surface area (Å²) in [6, 6.07) is 14.3. The highest BCUT2D eigenvalue weighted by Gasteiger charge is 2.65. The van der Waals surface area contributed by atoms with Crippen molar-refractivity contribution in [1.29, 1.82) is 0 Å². The van der Waals surface area contributed by atoms with E-state index in [0.29, 0.717) is 18.6 Å². The number of para-hydroxylation sites is 1. The van der Waals surface area contributed by atoms with Crippen LogP contribution in [0.2, 0.25) is 0 Å². The van der Waals surface area contributed by atoms with Gasteiger partial charge in [0.1, 0.15) is 11.9 Å². The van der Waals surface area contributed by atoms with Gasteiger partial charge >= 0.3 is 18.2 Å². The Kier molecular flexibility index (Phi) is 5.85. The Morgan fingerprint density at radius 1 is 0.969 bits per heavy atom. The van der Waals surface area contributed by atoms with Gasteiger partial charge in [0.15, 0.2) is 0 Å². The molecule has 2 heterocycles. The van der Waals surface area contributed by atoms with E-state index in [-0.39, 0.29) is 18.0 Å². The Morgan fingerprint density at radius 2 is 1.59 bits per heavy atom. The molecular formula is C23H22F3NO5. The number of nitrogens with zero attached hydrogens (tertiary/aromatic N) is 1. The lowest BCUT2D eigenvalue weighted by Crippen LogP contribution is -2.53. The van der Waals surface area contributed by atoms with E-state index in [1.807, 2.05) is 0 Å². The fourth-order valence-electron chi connectivity index (χ4n) is 4.59. The van der Waals surface area contributed by atoms with Crippen molar-refractivity contribution in [2.75, 3.05) is 7.11 Å². The van der Waals surface area contributed by atoms with Crippen LogP contribution in [0.3, 0.4) is 0 Å². The van der Waals surface area contributed by atoms with Crippen molar-refractivity contribution in [3.8, 4) is 5.75 Å². The predicted octanol–water partition coefficient (Wildman–Crippen LogP) is 4.44. The first kappa shape index (κ1) is 22.1. The van der Waals surface area contributed by atoms with E-state index in [9.17, 15) is 22.8 Å². The van der Waals surface area contributed by atoms with Crippen molar-refractivity contribution in [3.05, 3.63) is 66.2 Å². The van der Waals surface area contributed by atoms with Crippen LogP contribution >= 0.6 is 0 Å². The fraction of sp³-hybridized carbons (Fsp3) is 0.391. The van der Waals surface area contributed by atoms with Crippen LogP contribution < -0.4 is 4.74 Å². The second kappa shape index (κ2) is 8.46. The first-order chi connectivity index (χ1) is 15.3. The van der Waals surface area contributed by atoms with Gasteiger partial charge < -0.3 is 14.2 Å². The normalized spacial score (nSPS) is 24.1.